The van der Waals surface area contributed by atoms with Crippen molar-refractivity contribution in [3.05, 3.63) is 12.0 Å². The number of aromatic nitrogens is 2. The Morgan fingerprint density at radius 1 is 1.67 bits per heavy atom. The molecule has 0 aromatic carbocycles. The quantitative estimate of drug-likeness (QED) is 0.834. The molecule has 1 aliphatic heterocycles. The summed E-state index contributed by atoms with van der Waals surface area (Å²) in [7, 11) is 2.97. The number of carbonyl (C=O) groups is 1. The van der Waals surface area contributed by atoms with Crippen LogP contribution >= 0.6 is 0 Å². The van der Waals surface area contributed by atoms with Crippen LogP contribution in [0.3, 0.4) is 0 Å². The Morgan fingerprint density at radius 2 is 2.44 bits per heavy atom. The Labute approximate surface area is 104 Å². The zero-order valence-electron chi connectivity index (χ0n) is 10.3. The molecule has 1 aromatic heterocycles. The highest BCUT2D eigenvalue weighted by Gasteiger charge is 2.29. The number of halogens is 1. The second-order valence-electron chi connectivity index (χ2n) is 4.07. The van der Waals surface area contributed by atoms with Gasteiger partial charge in [0, 0.05) is 20.1 Å². The lowest BCUT2D eigenvalue weighted by molar-refractivity contribution is -0.123. The minimum Gasteiger partial charge on any atom is -0.479 e. The first-order valence-corrected chi connectivity index (χ1v) is 5.68. The minimum atomic E-state index is -0.594. The molecule has 1 N–H and O–H groups in total. The second kappa shape index (κ2) is 5.16. The number of anilines is 1. The van der Waals surface area contributed by atoms with E-state index in [-0.39, 0.29) is 17.7 Å². The fourth-order valence-corrected chi connectivity index (χ4v) is 2.00. The number of hydrogen-bond acceptors (Lipinski definition) is 5. The third kappa shape index (κ3) is 2.34. The summed E-state index contributed by atoms with van der Waals surface area (Å²) in [5.74, 6) is -0.354. The van der Waals surface area contributed by atoms with E-state index in [4.69, 9.17) is 4.74 Å². The molecule has 0 bridgehead atoms. The fraction of sp³-hybridized carbons (Fsp3) is 0.545. The summed E-state index contributed by atoms with van der Waals surface area (Å²) in [6.45, 7) is 1.21. The predicted molar refractivity (Wildman–Crippen MR) is 62.9 cm³/mol. The maximum Gasteiger partial charge on any atom is 0.255 e. The van der Waals surface area contributed by atoms with Gasteiger partial charge in [-0.25, -0.2) is 4.98 Å². The summed E-state index contributed by atoms with van der Waals surface area (Å²) in [5, 5.41) is 2.62. The van der Waals surface area contributed by atoms with Gasteiger partial charge in [-0.05, 0) is 6.42 Å². The van der Waals surface area contributed by atoms with E-state index in [1.807, 2.05) is 4.90 Å². The SMILES string of the molecule is CNC(=O)[C@H]1CCN(c2ncc(F)c(OC)n2)C1. The molecule has 0 spiro atoms. The molecule has 7 heteroatoms. The third-order valence-electron chi connectivity index (χ3n) is 2.98. The Balaban J connectivity index is 2.12. The van der Waals surface area contributed by atoms with E-state index in [2.05, 4.69) is 15.3 Å². The van der Waals surface area contributed by atoms with Crippen molar-refractivity contribution in [2.45, 2.75) is 6.42 Å². The van der Waals surface area contributed by atoms with Gasteiger partial charge >= 0.3 is 0 Å². The number of nitrogens with zero attached hydrogens (tertiary/aromatic N) is 3. The van der Waals surface area contributed by atoms with Gasteiger partial charge in [-0.1, -0.05) is 0 Å². The Kier molecular flexibility index (Phi) is 3.59. The van der Waals surface area contributed by atoms with Crippen LogP contribution in [0.25, 0.3) is 0 Å². The number of hydrogen-bond donors (Lipinski definition) is 1. The summed E-state index contributed by atoms with van der Waals surface area (Å²) in [6, 6.07) is 0. The molecule has 0 radical (unpaired) electrons. The normalized spacial score (nSPS) is 18.8. The second-order valence-corrected chi connectivity index (χ2v) is 4.07. The highest BCUT2D eigenvalue weighted by Crippen LogP contribution is 2.23. The molecule has 1 amide bonds. The lowest BCUT2D eigenvalue weighted by Gasteiger charge is -2.16. The Morgan fingerprint density at radius 3 is 3.11 bits per heavy atom. The number of carbonyl (C=O) groups excluding carboxylic acids is 1. The molecule has 18 heavy (non-hydrogen) atoms. The maximum absolute atomic E-state index is 13.2. The van der Waals surface area contributed by atoms with Gasteiger partial charge in [0.05, 0.1) is 19.2 Å². The van der Waals surface area contributed by atoms with Crippen molar-refractivity contribution < 1.29 is 13.9 Å². The van der Waals surface area contributed by atoms with Gasteiger partial charge in [0.15, 0.2) is 0 Å². The van der Waals surface area contributed by atoms with E-state index >= 15 is 0 Å². The number of methoxy groups -OCH3 is 1. The van der Waals surface area contributed by atoms with Gasteiger partial charge in [-0.2, -0.15) is 9.37 Å². The molecule has 1 aromatic rings. The van der Waals surface area contributed by atoms with Crippen LogP contribution in [0, 0.1) is 11.7 Å². The topological polar surface area (TPSA) is 67.4 Å². The average molecular weight is 254 g/mol. The fourth-order valence-electron chi connectivity index (χ4n) is 2.00. The highest BCUT2D eigenvalue weighted by atomic mass is 19.1. The predicted octanol–water partition coefficient (Wildman–Crippen LogP) is 0.197. The van der Waals surface area contributed by atoms with Crippen molar-refractivity contribution in [2.24, 2.45) is 5.92 Å². The lowest BCUT2D eigenvalue weighted by atomic mass is 10.1. The van der Waals surface area contributed by atoms with Crippen LogP contribution in [0.4, 0.5) is 10.3 Å². The van der Waals surface area contributed by atoms with Crippen molar-refractivity contribution >= 4 is 11.9 Å². The van der Waals surface area contributed by atoms with Gasteiger partial charge in [0.1, 0.15) is 0 Å². The number of amides is 1. The van der Waals surface area contributed by atoms with E-state index in [0.717, 1.165) is 12.6 Å². The number of nitrogens with one attached hydrogen (secondary N) is 1. The molecular formula is C11H15FN4O2. The molecule has 0 unspecified atom stereocenters. The van der Waals surface area contributed by atoms with E-state index in [9.17, 15) is 9.18 Å². The largest absolute Gasteiger partial charge is 0.479 e. The first-order chi connectivity index (χ1) is 8.65. The first-order valence-electron chi connectivity index (χ1n) is 5.68. The molecule has 98 valence electrons. The van der Waals surface area contributed by atoms with Gasteiger partial charge in [-0.15, -0.1) is 0 Å². The smallest absolute Gasteiger partial charge is 0.255 e. The van der Waals surface area contributed by atoms with Crippen LogP contribution < -0.4 is 15.0 Å². The molecule has 0 saturated carbocycles. The molecule has 1 saturated heterocycles. The lowest BCUT2D eigenvalue weighted by Crippen LogP contribution is -2.30. The molecule has 1 atom stereocenters. The summed E-state index contributed by atoms with van der Waals surface area (Å²) >= 11 is 0. The number of ether oxygens (including phenoxy) is 1. The van der Waals surface area contributed by atoms with E-state index < -0.39 is 5.82 Å². The average Bonchev–Trinajstić information content (AvgIpc) is 2.88. The number of rotatable bonds is 3. The molecule has 2 heterocycles. The minimum absolute atomic E-state index is 0.00609. The molecule has 0 aliphatic carbocycles. The zero-order chi connectivity index (χ0) is 13.1. The molecule has 2 rings (SSSR count). The monoisotopic (exact) mass is 254 g/mol. The Hall–Kier alpha value is -1.92. The summed E-state index contributed by atoms with van der Waals surface area (Å²) < 4.78 is 18.0. The standard InChI is InChI=1S/C11H15FN4O2/c1-13-9(17)7-3-4-16(6-7)11-14-5-8(12)10(15-11)18-2/h5,7H,3-4,6H2,1-2H3,(H,13,17)/t7-/m0/s1. The van der Waals surface area contributed by atoms with Gasteiger partial charge in [0.2, 0.25) is 17.7 Å². The molecular weight excluding hydrogens is 239 g/mol. The zero-order valence-corrected chi connectivity index (χ0v) is 10.3. The van der Waals surface area contributed by atoms with E-state index in [0.29, 0.717) is 19.0 Å². The van der Waals surface area contributed by atoms with Crippen LogP contribution in [-0.4, -0.2) is 43.1 Å². The van der Waals surface area contributed by atoms with Crippen LogP contribution in [0.1, 0.15) is 6.42 Å². The van der Waals surface area contributed by atoms with Crippen LogP contribution in [0.2, 0.25) is 0 Å². The van der Waals surface area contributed by atoms with Crippen molar-refractivity contribution in [1.82, 2.24) is 15.3 Å². The van der Waals surface area contributed by atoms with Crippen LogP contribution in [0.15, 0.2) is 6.20 Å². The van der Waals surface area contributed by atoms with Crippen LogP contribution in [0.5, 0.6) is 5.88 Å². The van der Waals surface area contributed by atoms with E-state index in [1.165, 1.54) is 7.11 Å². The summed E-state index contributed by atoms with van der Waals surface area (Å²) in [4.78, 5) is 21.2. The summed E-state index contributed by atoms with van der Waals surface area (Å²) in [5.41, 5.74) is 0. The third-order valence-corrected chi connectivity index (χ3v) is 2.98. The first kappa shape index (κ1) is 12.5. The summed E-state index contributed by atoms with van der Waals surface area (Å²) in [6.07, 6.45) is 1.82. The molecule has 1 aliphatic rings. The van der Waals surface area contributed by atoms with E-state index in [1.54, 1.807) is 7.05 Å². The van der Waals surface area contributed by atoms with Gasteiger partial charge in [-0.3, -0.25) is 4.79 Å². The molecule has 6 nitrogen and oxygen atoms in total. The maximum atomic E-state index is 13.2. The van der Waals surface area contributed by atoms with Crippen LogP contribution in [-0.2, 0) is 4.79 Å². The van der Waals surface area contributed by atoms with Gasteiger partial charge in [0.25, 0.3) is 5.88 Å². The highest BCUT2D eigenvalue weighted by molar-refractivity contribution is 5.79. The van der Waals surface area contributed by atoms with Gasteiger partial charge < -0.3 is 15.0 Å². The molecule has 1 fully saturated rings. The Bertz CT molecular complexity index is 455. The van der Waals surface area contributed by atoms with Crippen molar-refractivity contribution in [2.75, 3.05) is 32.1 Å². The van der Waals surface area contributed by atoms with Crippen molar-refractivity contribution in [3.63, 3.8) is 0 Å². The van der Waals surface area contributed by atoms with Crippen molar-refractivity contribution in [1.29, 1.82) is 0 Å². The van der Waals surface area contributed by atoms with Crippen molar-refractivity contribution in [3.8, 4) is 5.88 Å².